The van der Waals surface area contributed by atoms with E-state index in [4.69, 9.17) is 0 Å². The van der Waals surface area contributed by atoms with E-state index < -0.39 is 4.92 Å². The van der Waals surface area contributed by atoms with E-state index >= 15 is 0 Å². The van der Waals surface area contributed by atoms with Crippen molar-refractivity contribution in [2.75, 3.05) is 5.32 Å². The van der Waals surface area contributed by atoms with Crippen molar-refractivity contribution in [3.63, 3.8) is 0 Å². The van der Waals surface area contributed by atoms with E-state index in [2.05, 4.69) is 17.2 Å². The number of nitrogens with one attached hydrogen (secondary N) is 1. The first-order chi connectivity index (χ1) is 9.13. The van der Waals surface area contributed by atoms with Crippen LogP contribution < -0.4 is 5.32 Å². The molecule has 5 nitrogen and oxygen atoms in total. The van der Waals surface area contributed by atoms with Gasteiger partial charge in [-0.3, -0.25) is 10.1 Å². The Bertz CT molecular complexity index is 474. The minimum absolute atomic E-state index is 0.0399. The normalized spacial score (nSPS) is 30.3. The van der Waals surface area contributed by atoms with Crippen LogP contribution >= 0.6 is 0 Å². The average molecular weight is 261 g/mol. The highest BCUT2D eigenvalue weighted by molar-refractivity contribution is 5.41. The standard InChI is InChI=1S/C14H19N3O2/c1-9(13-7-10-2-3-11(13)6-10)16-14-5-4-12(8-15-14)17(18)19/h4-5,8-11,13H,2-3,6-7H2,1H3,(H,15,16)/t9-,10-,11-,13+/m0/s1. The zero-order chi connectivity index (χ0) is 13.4. The van der Waals surface area contributed by atoms with Gasteiger partial charge in [0.15, 0.2) is 0 Å². The van der Waals surface area contributed by atoms with Crippen LogP contribution in [0.25, 0.3) is 0 Å². The highest BCUT2D eigenvalue weighted by Crippen LogP contribution is 2.49. The van der Waals surface area contributed by atoms with Crippen LogP contribution in [0.1, 0.15) is 32.6 Å². The summed E-state index contributed by atoms with van der Waals surface area (Å²) in [5, 5.41) is 14.0. The maximum absolute atomic E-state index is 10.6. The van der Waals surface area contributed by atoms with Gasteiger partial charge in [0.25, 0.3) is 5.69 Å². The van der Waals surface area contributed by atoms with Gasteiger partial charge in [-0.15, -0.1) is 0 Å². The number of nitro groups is 1. The first kappa shape index (κ1) is 12.4. The molecule has 0 saturated heterocycles. The van der Waals surface area contributed by atoms with Crippen LogP contribution in [0.4, 0.5) is 11.5 Å². The lowest BCUT2D eigenvalue weighted by Crippen LogP contribution is -2.30. The van der Waals surface area contributed by atoms with Crippen molar-refractivity contribution in [2.45, 2.75) is 38.6 Å². The molecule has 0 aliphatic heterocycles. The second-order valence-corrected chi connectivity index (χ2v) is 5.93. The fraction of sp³-hybridized carbons (Fsp3) is 0.643. The Morgan fingerprint density at radius 3 is 2.79 bits per heavy atom. The van der Waals surface area contributed by atoms with Gasteiger partial charge in [0, 0.05) is 12.1 Å². The van der Waals surface area contributed by atoms with E-state index in [1.165, 1.54) is 37.9 Å². The number of anilines is 1. The van der Waals surface area contributed by atoms with Crippen LogP contribution in [0.3, 0.4) is 0 Å². The van der Waals surface area contributed by atoms with Crippen molar-refractivity contribution in [1.29, 1.82) is 0 Å². The van der Waals surface area contributed by atoms with Gasteiger partial charge in [-0.05, 0) is 50.0 Å². The first-order valence-electron chi connectivity index (χ1n) is 7.00. The van der Waals surface area contributed by atoms with E-state index in [-0.39, 0.29) is 5.69 Å². The molecule has 19 heavy (non-hydrogen) atoms. The van der Waals surface area contributed by atoms with Gasteiger partial charge in [-0.2, -0.15) is 0 Å². The monoisotopic (exact) mass is 261 g/mol. The van der Waals surface area contributed by atoms with E-state index in [0.717, 1.165) is 23.6 Å². The molecule has 0 unspecified atom stereocenters. The van der Waals surface area contributed by atoms with Crippen molar-refractivity contribution in [1.82, 2.24) is 4.98 Å². The Morgan fingerprint density at radius 1 is 1.42 bits per heavy atom. The summed E-state index contributed by atoms with van der Waals surface area (Å²) < 4.78 is 0. The molecule has 2 aliphatic carbocycles. The van der Waals surface area contributed by atoms with Crippen molar-refractivity contribution in [2.24, 2.45) is 17.8 Å². The number of fused-ring (bicyclic) bond motifs is 2. The largest absolute Gasteiger partial charge is 0.367 e. The second-order valence-electron chi connectivity index (χ2n) is 5.93. The van der Waals surface area contributed by atoms with Gasteiger partial charge < -0.3 is 5.32 Å². The molecule has 1 heterocycles. The van der Waals surface area contributed by atoms with Crippen LogP contribution in [0.15, 0.2) is 18.3 Å². The summed E-state index contributed by atoms with van der Waals surface area (Å²) >= 11 is 0. The highest BCUT2D eigenvalue weighted by atomic mass is 16.6. The lowest BCUT2D eigenvalue weighted by molar-refractivity contribution is -0.385. The van der Waals surface area contributed by atoms with E-state index in [1.807, 2.05) is 0 Å². The van der Waals surface area contributed by atoms with Gasteiger partial charge in [0.2, 0.25) is 0 Å². The summed E-state index contributed by atoms with van der Waals surface area (Å²) in [4.78, 5) is 14.3. The number of rotatable bonds is 4. The van der Waals surface area contributed by atoms with E-state index in [0.29, 0.717) is 6.04 Å². The number of aromatic nitrogens is 1. The molecule has 0 amide bonds. The Morgan fingerprint density at radius 2 is 2.26 bits per heavy atom. The van der Waals surface area contributed by atoms with Crippen molar-refractivity contribution in [3.05, 3.63) is 28.4 Å². The molecule has 0 radical (unpaired) electrons. The zero-order valence-corrected chi connectivity index (χ0v) is 11.1. The number of nitrogens with zero attached hydrogens (tertiary/aromatic N) is 2. The van der Waals surface area contributed by atoms with Crippen molar-refractivity contribution >= 4 is 11.5 Å². The third-order valence-electron chi connectivity index (χ3n) is 4.77. The van der Waals surface area contributed by atoms with Gasteiger partial charge in [-0.25, -0.2) is 4.98 Å². The summed E-state index contributed by atoms with van der Waals surface area (Å²) in [7, 11) is 0. The van der Waals surface area contributed by atoms with Crippen molar-refractivity contribution < 1.29 is 4.92 Å². The van der Waals surface area contributed by atoms with Crippen LogP contribution in [0.2, 0.25) is 0 Å². The third kappa shape index (κ3) is 2.41. The smallest absolute Gasteiger partial charge is 0.287 e. The zero-order valence-electron chi connectivity index (χ0n) is 11.1. The molecule has 2 fully saturated rings. The van der Waals surface area contributed by atoms with E-state index in [9.17, 15) is 10.1 Å². The maximum atomic E-state index is 10.6. The Hall–Kier alpha value is -1.65. The molecule has 1 aromatic heterocycles. The first-order valence-corrected chi connectivity index (χ1v) is 7.00. The molecular formula is C14H19N3O2. The predicted molar refractivity (Wildman–Crippen MR) is 72.9 cm³/mol. The Labute approximate surface area is 112 Å². The molecule has 1 aromatic rings. The third-order valence-corrected chi connectivity index (χ3v) is 4.77. The molecule has 102 valence electrons. The summed E-state index contributed by atoms with van der Waals surface area (Å²) in [6, 6.07) is 3.59. The van der Waals surface area contributed by atoms with Gasteiger partial charge in [0.05, 0.1) is 4.92 Å². The number of pyridine rings is 1. The molecule has 3 rings (SSSR count). The predicted octanol–water partition coefficient (Wildman–Crippen LogP) is 3.23. The molecule has 2 bridgehead atoms. The number of hydrogen-bond donors (Lipinski definition) is 1. The summed E-state index contributed by atoms with van der Waals surface area (Å²) in [6.07, 6.45) is 6.81. The Kier molecular flexibility index (Phi) is 3.12. The minimum atomic E-state index is -0.420. The van der Waals surface area contributed by atoms with Gasteiger partial charge in [0.1, 0.15) is 12.0 Å². The lowest BCUT2D eigenvalue weighted by atomic mass is 9.84. The van der Waals surface area contributed by atoms with Crippen LogP contribution in [-0.4, -0.2) is 15.9 Å². The molecule has 4 atom stereocenters. The average Bonchev–Trinajstić information content (AvgIpc) is 3.01. The molecule has 1 N–H and O–H groups in total. The molecule has 0 aromatic carbocycles. The summed E-state index contributed by atoms with van der Waals surface area (Å²) in [6.45, 7) is 2.20. The van der Waals surface area contributed by atoms with Crippen LogP contribution in [0, 0.1) is 27.9 Å². The van der Waals surface area contributed by atoms with Crippen LogP contribution in [0.5, 0.6) is 0 Å². The molecule has 2 saturated carbocycles. The number of hydrogen-bond acceptors (Lipinski definition) is 4. The minimum Gasteiger partial charge on any atom is -0.367 e. The molecule has 5 heteroatoms. The summed E-state index contributed by atoms with van der Waals surface area (Å²) in [5.74, 6) is 3.27. The highest BCUT2D eigenvalue weighted by Gasteiger charge is 2.41. The fourth-order valence-electron chi connectivity index (χ4n) is 3.83. The Balaban J connectivity index is 1.63. The maximum Gasteiger partial charge on any atom is 0.287 e. The second kappa shape index (κ2) is 4.79. The lowest BCUT2D eigenvalue weighted by Gasteiger charge is -2.28. The summed E-state index contributed by atoms with van der Waals surface area (Å²) in [5.41, 5.74) is 0.0399. The van der Waals surface area contributed by atoms with Crippen molar-refractivity contribution in [3.8, 4) is 0 Å². The van der Waals surface area contributed by atoms with E-state index in [1.54, 1.807) is 6.07 Å². The van der Waals surface area contributed by atoms with Gasteiger partial charge >= 0.3 is 0 Å². The SMILES string of the molecule is C[C@H](Nc1ccc([N+](=O)[O-])cn1)[C@H]1C[C@H]2CC[C@H]1C2. The quantitative estimate of drug-likeness (QED) is 0.667. The molecule has 2 aliphatic rings. The molecular weight excluding hydrogens is 242 g/mol. The molecule has 0 spiro atoms. The van der Waals surface area contributed by atoms with Crippen LogP contribution in [-0.2, 0) is 0 Å². The topological polar surface area (TPSA) is 68.1 Å². The fourth-order valence-corrected chi connectivity index (χ4v) is 3.83. The van der Waals surface area contributed by atoms with Gasteiger partial charge in [-0.1, -0.05) is 6.42 Å².